The molecule has 1 aliphatic carbocycles. The van der Waals surface area contributed by atoms with Crippen molar-refractivity contribution in [3.8, 4) is 0 Å². The zero-order valence-corrected chi connectivity index (χ0v) is 12.7. The van der Waals surface area contributed by atoms with Crippen LogP contribution in [-0.4, -0.2) is 34.6 Å². The van der Waals surface area contributed by atoms with E-state index < -0.39 is 11.5 Å². The highest BCUT2D eigenvalue weighted by atomic mass is 16.4. The first-order chi connectivity index (χ1) is 10.0. The number of carboxylic acids is 1. The summed E-state index contributed by atoms with van der Waals surface area (Å²) in [6.07, 6.45) is 7.10. The molecule has 3 N–H and O–H groups in total. The lowest BCUT2D eigenvalue weighted by atomic mass is 9.75. The van der Waals surface area contributed by atoms with E-state index in [0.717, 1.165) is 38.5 Å². The summed E-state index contributed by atoms with van der Waals surface area (Å²) in [6, 6.07) is 0.718. The zero-order chi connectivity index (χ0) is 15.0. The molecule has 2 bridgehead atoms. The average molecular weight is 294 g/mol. The van der Waals surface area contributed by atoms with Crippen LogP contribution in [0.4, 0.5) is 0 Å². The normalized spacial score (nSPS) is 42.0. The van der Waals surface area contributed by atoms with Gasteiger partial charge in [-0.15, -0.1) is 0 Å². The Bertz CT molecular complexity index is 429. The van der Waals surface area contributed by atoms with Crippen LogP contribution in [-0.2, 0) is 9.59 Å². The second-order valence-electron chi connectivity index (χ2n) is 7.12. The molecule has 3 atom stereocenters. The average Bonchev–Trinajstić information content (AvgIpc) is 3.10. The van der Waals surface area contributed by atoms with E-state index in [0.29, 0.717) is 24.8 Å². The van der Waals surface area contributed by atoms with Crippen molar-refractivity contribution in [3.05, 3.63) is 0 Å². The molecule has 1 saturated carbocycles. The fraction of sp³-hybridized carbons (Fsp3) is 0.875. The van der Waals surface area contributed by atoms with Gasteiger partial charge in [0.1, 0.15) is 5.54 Å². The highest BCUT2D eigenvalue weighted by molar-refractivity contribution is 5.88. The van der Waals surface area contributed by atoms with Crippen molar-refractivity contribution < 1.29 is 14.7 Å². The fourth-order valence-corrected chi connectivity index (χ4v) is 4.41. The fourth-order valence-electron chi connectivity index (χ4n) is 4.41. The Morgan fingerprint density at radius 2 is 1.95 bits per heavy atom. The summed E-state index contributed by atoms with van der Waals surface area (Å²) in [4.78, 5) is 24.3. The minimum atomic E-state index is -1.02. The Morgan fingerprint density at radius 1 is 1.24 bits per heavy atom. The highest BCUT2D eigenvalue weighted by Gasteiger charge is 2.48. The van der Waals surface area contributed by atoms with Gasteiger partial charge in [0, 0.05) is 12.1 Å². The molecule has 1 amide bonds. The Kier molecular flexibility index (Phi) is 3.95. The summed E-state index contributed by atoms with van der Waals surface area (Å²) in [5.74, 6) is -0.337. The highest BCUT2D eigenvalue weighted by Crippen LogP contribution is 2.37. The first kappa shape index (κ1) is 14.8. The lowest BCUT2D eigenvalue weighted by Crippen LogP contribution is -2.58. The molecule has 3 rings (SSSR count). The minimum absolute atomic E-state index is 0.0381. The topological polar surface area (TPSA) is 78.4 Å². The number of carbonyl (C=O) groups excluding carboxylic acids is 1. The van der Waals surface area contributed by atoms with E-state index in [4.69, 9.17) is 0 Å². The third-order valence-corrected chi connectivity index (χ3v) is 5.94. The van der Waals surface area contributed by atoms with Crippen molar-refractivity contribution in [2.75, 3.05) is 0 Å². The van der Waals surface area contributed by atoms with Gasteiger partial charge < -0.3 is 15.7 Å². The molecule has 5 nitrogen and oxygen atoms in total. The van der Waals surface area contributed by atoms with Crippen molar-refractivity contribution in [1.29, 1.82) is 0 Å². The van der Waals surface area contributed by atoms with Gasteiger partial charge in [0.25, 0.3) is 0 Å². The first-order valence-electron chi connectivity index (χ1n) is 8.35. The zero-order valence-electron chi connectivity index (χ0n) is 12.7. The molecular weight excluding hydrogens is 268 g/mol. The number of carboxylic acid groups (broad SMARTS) is 1. The molecule has 118 valence electrons. The summed E-state index contributed by atoms with van der Waals surface area (Å²) in [5.41, 5.74) is -1.02. The smallest absolute Gasteiger partial charge is 0.329 e. The Morgan fingerprint density at radius 3 is 2.43 bits per heavy atom. The van der Waals surface area contributed by atoms with Crippen LogP contribution in [0.5, 0.6) is 0 Å². The SMILES string of the molecule is CCC1CCC(NC(=O)C2CC3CCC2N3)(C(=O)O)CC1. The molecule has 0 aromatic carbocycles. The number of fused-ring (bicyclic) bond motifs is 2. The number of carbonyl (C=O) groups is 2. The standard InChI is InChI=1S/C16H26N2O3/c1-2-10-5-7-16(8-6-10,15(20)21)18-14(19)12-9-11-3-4-13(12)17-11/h10-13,17H,2-9H2,1H3,(H,18,19)(H,20,21). The lowest BCUT2D eigenvalue weighted by molar-refractivity contribution is -0.150. The number of amides is 1. The molecule has 0 radical (unpaired) electrons. The third kappa shape index (κ3) is 2.68. The molecule has 2 saturated heterocycles. The molecule has 0 spiro atoms. The molecule has 21 heavy (non-hydrogen) atoms. The van der Waals surface area contributed by atoms with Crippen molar-refractivity contribution in [1.82, 2.24) is 10.6 Å². The Balaban J connectivity index is 1.65. The molecule has 2 aliphatic heterocycles. The van der Waals surface area contributed by atoms with Crippen molar-refractivity contribution in [2.24, 2.45) is 11.8 Å². The van der Waals surface area contributed by atoms with Crippen molar-refractivity contribution in [3.63, 3.8) is 0 Å². The summed E-state index contributed by atoms with van der Waals surface area (Å²) >= 11 is 0. The second-order valence-corrected chi connectivity index (χ2v) is 7.12. The summed E-state index contributed by atoms with van der Waals surface area (Å²) in [5, 5.41) is 16.0. The molecule has 0 aromatic rings. The van der Waals surface area contributed by atoms with E-state index in [-0.39, 0.29) is 17.9 Å². The van der Waals surface area contributed by atoms with Gasteiger partial charge in [-0.2, -0.15) is 0 Å². The predicted molar refractivity (Wildman–Crippen MR) is 78.8 cm³/mol. The number of hydrogen-bond acceptors (Lipinski definition) is 3. The maximum atomic E-state index is 12.5. The van der Waals surface area contributed by atoms with Gasteiger partial charge in [0.15, 0.2) is 0 Å². The van der Waals surface area contributed by atoms with Crippen molar-refractivity contribution >= 4 is 11.9 Å². The van der Waals surface area contributed by atoms with Crippen LogP contribution < -0.4 is 10.6 Å². The van der Waals surface area contributed by atoms with E-state index in [9.17, 15) is 14.7 Å². The summed E-state index contributed by atoms with van der Waals surface area (Å²) < 4.78 is 0. The molecule has 3 aliphatic rings. The van der Waals surface area contributed by atoms with Crippen LogP contribution in [0.3, 0.4) is 0 Å². The molecule has 2 heterocycles. The largest absolute Gasteiger partial charge is 0.480 e. The molecular formula is C16H26N2O3. The van der Waals surface area contributed by atoms with Crippen LogP contribution in [0.1, 0.15) is 58.3 Å². The van der Waals surface area contributed by atoms with E-state index in [1.807, 2.05) is 0 Å². The van der Waals surface area contributed by atoms with Crippen LogP contribution >= 0.6 is 0 Å². The van der Waals surface area contributed by atoms with Crippen molar-refractivity contribution in [2.45, 2.75) is 75.9 Å². The summed E-state index contributed by atoms with van der Waals surface area (Å²) in [6.45, 7) is 2.15. The lowest BCUT2D eigenvalue weighted by Gasteiger charge is -2.38. The minimum Gasteiger partial charge on any atom is -0.480 e. The first-order valence-corrected chi connectivity index (χ1v) is 8.35. The number of aliphatic carboxylic acids is 1. The molecule has 5 heteroatoms. The molecule has 3 fully saturated rings. The van der Waals surface area contributed by atoms with E-state index in [1.54, 1.807) is 0 Å². The molecule has 3 unspecified atom stereocenters. The van der Waals surface area contributed by atoms with Crippen LogP contribution in [0.2, 0.25) is 0 Å². The third-order valence-electron chi connectivity index (χ3n) is 5.94. The van der Waals surface area contributed by atoms with Crippen LogP contribution in [0.15, 0.2) is 0 Å². The van der Waals surface area contributed by atoms with Crippen LogP contribution in [0.25, 0.3) is 0 Å². The monoisotopic (exact) mass is 294 g/mol. The van der Waals surface area contributed by atoms with Gasteiger partial charge in [-0.25, -0.2) is 4.79 Å². The van der Waals surface area contributed by atoms with Gasteiger partial charge >= 0.3 is 5.97 Å². The summed E-state index contributed by atoms with van der Waals surface area (Å²) in [7, 11) is 0. The van der Waals surface area contributed by atoms with E-state index in [1.165, 1.54) is 0 Å². The Labute approximate surface area is 125 Å². The van der Waals surface area contributed by atoms with Gasteiger partial charge in [-0.3, -0.25) is 4.79 Å². The van der Waals surface area contributed by atoms with Gasteiger partial charge in [-0.05, 0) is 50.9 Å². The second kappa shape index (κ2) is 5.59. The number of hydrogen-bond donors (Lipinski definition) is 3. The van der Waals surface area contributed by atoms with Crippen LogP contribution in [0, 0.1) is 11.8 Å². The maximum Gasteiger partial charge on any atom is 0.329 e. The number of rotatable bonds is 4. The van der Waals surface area contributed by atoms with Gasteiger partial charge in [0.05, 0.1) is 5.92 Å². The number of nitrogens with one attached hydrogen (secondary N) is 2. The molecule has 0 aromatic heterocycles. The maximum absolute atomic E-state index is 12.5. The Hall–Kier alpha value is -1.10. The van der Waals surface area contributed by atoms with E-state index in [2.05, 4.69) is 17.6 Å². The predicted octanol–water partition coefficient (Wildman–Crippen LogP) is 1.67. The van der Waals surface area contributed by atoms with Gasteiger partial charge in [-0.1, -0.05) is 13.3 Å². The quantitative estimate of drug-likeness (QED) is 0.737. The van der Waals surface area contributed by atoms with Gasteiger partial charge in [0.2, 0.25) is 5.91 Å². The van der Waals surface area contributed by atoms with E-state index >= 15 is 0 Å².